The van der Waals surface area contributed by atoms with E-state index in [0.29, 0.717) is 21.0 Å². The van der Waals surface area contributed by atoms with Gasteiger partial charge in [0.2, 0.25) is 5.75 Å². The lowest BCUT2D eigenvalue weighted by atomic mass is 10.3. The molecule has 0 bridgehead atoms. The third-order valence-electron chi connectivity index (χ3n) is 2.67. The first kappa shape index (κ1) is 15.5. The van der Waals surface area contributed by atoms with Crippen molar-refractivity contribution in [1.82, 2.24) is 4.98 Å². The number of anilines is 1. The fourth-order valence-corrected chi connectivity index (χ4v) is 2.28. The first-order valence-electron chi connectivity index (χ1n) is 5.91. The summed E-state index contributed by atoms with van der Waals surface area (Å²) in [4.78, 5) is 14.8. The molecule has 0 aliphatic heterocycles. The zero-order valence-corrected chi connectivity index (χ0v) is 13.3. The molecule has 0 saturated heterocycles. The van der Waals surface area contributed by atoms with Crippen molar-refractivity contribution in [1.29, 1.82) is 0 Å². The molecule has 2 aromatic rings. The smallest absolute Gasteiger partial charge is 0.312 e. The molecule has 110 valence electrons. The number of ether oxygens (including phenoxy) is 1. The predicted molar refractivity (Wildman–Crippen MR) is 83.9 cm³/mol. The van der Waals surface area contributed by atoms with Crippen molar-refractivity contribution in [3.05, 3.63) is 55.6 Å². The van der Waals surface area contributed by atoms with Crippen molar-refractivity contribution in [2.75, 3.05) is 12.4 Å². The maximum Gasteiger partial charge on any atom is 0.312 e. The lowest BCUT2D eigenvalue weighted by Crippen LogP contribution is -2.04. The van der Waals surface area contributed by atoms with Crippen LogP contribution >= 0.6 is 27.5 Å². The summed E-state index contributed by atoms with van der Waals surface area (Å²) in [5.41, 5.74) is 0.374. The average Bonchev–Trinajstić information content (AvgIpc) is 2.47. The monoisotopic (exact) mass is 371 g/mol. The average molecular weight is 373 g/mol. The van der Waals surface area contributed by atoms with Crippen molar-refractivity contribution in [3.63, 3.8) is 0 Å². The maximum atomic E-state index is 11.0. The molecule has 1 N–H and O–H groups in total. The van der Waals surface area contributed by atoms with Gasteiger partial charge in [0.1, 0.15) is 12.4 Å². The van der Waals surface area contributed by atoms with Crippen LogP contribution in [-0.4, -0.2) is 17.0 Å². The second kappa shape index (κ2) is 6.73. The summed E-state index contributed by atoms with van der Waals surface area (Å²) in [5, 5.41) is 14.3. The zero-order chi connectivity index (χ0) is 15.4. The minimum Gasteiger partial charge on any atom is -0.479 e. The van der Waals surface area contributed by atoms with Gasteiger partial charge in [0.15, 0.2) is 0 Å². The van der Waals surface area contributed by atoms with Crippen LogP contribution in [0.3, 0.4) is 0 Å². The number of hydrogen-bond donors (Lipinski definition) is 1. The highest BCUT2D eigenvalue weighted by molar-refractivity contribution is 9.10. The van der Waals surface area contributed by atoms with Gasteiger partial charge in [-0.05, 0) is 34.1 Å². The van der Waals surface area contributed by atoms with Crippen LogP contribution in [-0.2, 0) is 6.61 Å². The molecule has 0 spiro atoms. The lowest BCUT2D eigenvalue weighted by Gasteiger charge is -2.10. The van der Waals surface area contributed by atoms with E-state index >= 15 is 0 Å². The lowest BCUT2D eigenvalue weighted by molar-refractivity contribution is -0.386. The molecule has 0 aliphatic carbocycles. The summed E-state index contributed by atoms with van der Waals surface area (Å²) in [7, 11) is 1.74. The standard InChI is InChI=1S/C13H11BrClN3O3/c1-16-12-6-5-9(15)10(17-12)7-21-13-8(14)3-2-4-11(13)18(19)20/h2-6H,7H2,1H3,(H,16,17). The number of nitrogens with one attached hydrogen (secondary N) is 1. The molecule has 6 nitrogen and oxygen atoms in total. The number of benzene rings is 1. The van der Waals surface area contributed by atoms with Crippen LogP contribution < -0.4 is 10.1 Å². The number of hydrogen-bond acceptors (Lipinski definition) is 5. The Hall–Kier alpha value is -1.86. The number of nitro groups is 1. The molecule has 0 fully saturated rings. The van der Waals surface area contributed by atoms with Crippen LogP contribution in [0.1, 0.15) is 5.69 Å². The van der Waals surface area contributed by atoms with Gasteiger partial charge in [-0.25, -0.2) is 4.98 Å². The van der Waals surface area contributed by atoms with Gasteiger partial charge < -0.3 is 10.1 Å². The minimum absolute atomic E-state index is 0.0256. The Balaban J connectivity index is 2.26. The molecular formula is C13H11BrClN3O3. The molecule has 0 amide bonds. The molecule has 21 heavy (non-hydrogen) atoms. The van der Waals surface area contributed by atoms with E-state index in [9.17, 15) is 10.1 Å². The van der Waals surface area contributed by atoms with E-state index in [0.717, 1.165) is 0 Å². The van der Waals surface area contributed by atoms with E-state index in [1.54, 1.807) is 31.3 Å². The highest BCUT2D eigenvalue weighted by Crippen LogP contribution is 2.35. The van der Waals surface area contributed by atoms with Gasteiger partial charge in [0.05, 0.1) is 20.1 Å². The van der Waals surface area contributed by atoms with E-state index in [-0.39, 0.29) is 18.0 Å². The molecular weight excluding hydrogens is 362 g/mol. The third-order valence-corrected chi connectivity index (χ3v) is 3.64. The Morgan fingerprint density at radius 1 is 1.43 bits per heavy atom. The van der Waals surface area contributed by atoms with Crippen LogP contribution in [0.15, 0.2) is 34.8 Å². The molecule has 1 aromatic heterocycles. The van der Waals surface area contributed by atoms with E-state index in [4.69, 9.17) is 16.3 Å². The second-order valence-electron chi connectivity index (χ2n) is 4.01. The molecule has 1 aromatic carbocycles. The second-order valence-corrected chi connectivity index (χ2v) is 5.27. The number of nitro benzene ring substituents is 1. The Kier molecular flexibility index (Phi) is 4.98. The SMILES string of the molecule is CNc1ccc(Cl)c(COc2c(Br)cccc2[N+](=O)[O-])n1. The van der Waals surface area contributed by atoms with Crippen molar-refractivity contribution < 1.29 is 9.66 Å². The fourth-order valence-electron chi connectivity index (χ4n) is 1.65. The van der Waals surface area contributed by atoms with Crippen molar-refractivity contribution in [3.8, 4) is 5.75 Å². The van der Waals surface area contributed by atoms with Crippen LogP contribution in [0.4, 0.5) is 11.5 Å². The summed E-state index contributed by atoms with van der Waals surface area (Å²) >= 11 is 9.29. The van der Waals surface area contributed by atoms with E-state index in [2.05, 4.69) is 26.2 Å². The number of pyridine rings is 1. The van der Waals surface area contributed by atoms with E-state index < -0.39 is 4.92 Å². The normalized spacial score (nSPS) is 10.2. The Morgan fingerprint density at radius 2 is 2.19 bits per heavy atom. The highest BCUT2D eigenvalue weighted by atomic mass is 79.9. The van der Waals surface area contributed by atoms with Crippen LogP contribution in [0.5, 0.6) is 5.75 Å². The van der Waals surface area contributed by atoms with Crippen LogP contribution in [0.25, 0.3) is 0 Å². The van der Waals surface area contributed by atoms with Gasteiger partial charge in [0.25, 0.3) is 0 Å². The Bertz CT molecular complexity index is 682. The van der Waals surface area contributed by atoms with Crippen molar-refractivity contribution in [2.45, 2.75) is 6.61 Å². The van der Waals surface area contributed by atoms with Gasteiger partial charge in [-0.3, -0.25) is 10.1 Å². The quantitative estimate of drug-likeness (QED) is 0.633. The molecule has 8 heteroatoms. The molecule has 0 saturated carbocycles. The largest absolute Gasteiger partial charge is 0.479 e. The summed E-state index contributed by atoms with van der Waals surface area (Å²) in [6.07, 6.45) is 0. The zero-order valence-electron chi connectivity index (χ0n) is 11.0. The number of rotatable bonds is 5. The van der Waals surface area contributed by atoms with E-state index in [1.807, 2.05) is 0 Å². The van der Waals surface area contributed by atoms with Gasteiger partial charge in [-0.15, -0.1) is 0 Å². The predicted octanol–water partition coefficient (Wildman–Crippen LogP) is 4.03. The Labute approximate surface area is 134 Å². The highest BCUT2D eigenvalue weighted by Gasteiger charge is 2.18. The van der Waals surface area contributed by atoms with Crippen molar-refractivity contribution >= 4 is 39.0 Å². The minimum atomic E-state index is -0.501. The number of para-hydroxylation sites is 1. The van der Waals surface area contributed by atoms with Crippen molar-refractivity contribution in [2.24, 2.45) is 0 Å². The molecule has 0 radical (unpaired) electrons. The van der Waals surface area contributed by atoms with Gasteiger partial charge in [-0.2, -0.15) is 0 Å². The molecule has 0 atom stereocenters. The fraction of sp³-hybridized carbons (Fsp3) is 0.154. The molecule has 1 heterocycles. The maximum absolute atomic E-state index is 11.0. The summed E-state index contributed by atoms with van der Waals surface area (Å²) in [5.74, 6) is 0.787. The number of nitrogens with zero attached hydrogens (tertiary/aromatic N) is 2. The summed E-state index contributed by atoms with van der Waals surface area (Å²) < 4.78 is 6.03. The van der Waals surface area contributed by atoms with Crippen LogP contribution in [0.2, 0.25) is 5.02 Å². The summed E-state index contributed by atoms with van der Waals surface area (Å²) in [6.45, 7) is 0.0256. The van der Waals surface area contributed by atoms with Gasteiger partial charge in [-0.1, -0.05) is 17.7 Å². The number of halogens is 2. The third kappa shape index (κ3) is 3.62. The first-order valence-corrected chi connectivity index (χ1v) is 7.09. The molecule has 2 rings (SSSR count). The van der Waals surface area contributed by atoms with Gasteiger partial charge in [0, 0.05) is 13.1 Å². The van der Waals surface area contributed by atoms with E-state index in [1.165, 1.54) is 6.07 Å². The topological polar surface area (TPSA) is 77.3 Å². The number of aromatic nitrogens is 1. The molecule has 0 unspecified atom stereocenters. The molecule has 0 aliphatic rings. The summed E-state index contributed by atoms with van der Waals surface area (Å²) in [6, 6.07) is 8.03. The Morgan fingerprint density at radius 3 is 2.86 bits per heavy atom. The van der Waals surface area contributed by atoms with Crippen LogP contribution in [0, 0.1) is 10.1 Å². The van der Waals surface area contributed by atoms with Gasteiger partial charge >= 0.3 is 5.69 Å². The first-order chi connectivity index (χ1) is 10.0.